The van der Waals surface area contributed by atoms with Crippen molar-refractivity contribution in [1.29, 1.82) is 0 Å². The molecule has 1 aromatic heterocycles. The highest BCUT2D eigenvalue weighted by atomic mass is 35.5. The summed E-state index contributed by atoms with van der Waals surface area (Å²) in [5.74, 6) is 1.50. The number of halogens is 2. The Hall–Kier alpha value is -0.310. The third-order valence-electron chi connectivity index (χ3n) is 3.60. The molecule has 0 aliphatic carbocycles. The van der Waals surface area contributed by atoms with E-state index in [1.165, 1.54) is 6.42 Å². The van der Waals surface area contributed by atoms with E-state index in [9.17, 15) is 0 Å². The molecule has 1 aromatic rings. The van der Waals surface area contributed by atoms with Crippen molar-refractivity contribution in [2.45, 2.75) is 32.7 Å². The minimum absolute atomic E-state index is 0.486. The zero-order chi connectivity index (χ0) is 12.4. The third kappa shape index (κ3) is 3.12. The lowest BCUT2D eigenvalue weighted by Gasteiger charge is -2.14. The predicted molar refractivity (Wildman–Crippen MR) is 72.7 cm³/mol. The summed E-state index contributed by atoms with van der Waals surface area (Å²) in [5, 5.41) is 4.90. The second kappa shape index (κ2) is 5.55. The molecule has 2 atom stereocenters. The van der Waals surface area contributed by atoms with Gasteiger partial charge in [0.1, 0.15) is 0 Å². The summed E-state index contributed by atoms with van der Waals surface area (Å²) in [6, 6.07) is 0.486. The molecule has 1 aliphatic heterocycles. The van der Waals surface area contributed by atoms with Crippen LogP contribution in [-0.2, 0) is 6.42 Å². The van der Waals surface area contributed by atoms with Gasteiger partial charge in [-0.1, -0.05) is 37.0 Å². The van der Waals surface area contributed by atoms with Gasteiger partial charge in [0.25, 0.3) is 0 Å². The summed E-state index contributed by atoms with van der Waals surface area (Å²) in [5.41, 5.74) is 1.02. The van der Waals surface area contributed by atoms with E-state index in [2.05, 4.69) is 24.1 Å². The monoisotopic (exact) mass is 272 g/mol. The van der Waals surface area contributed by atoms with E-state index in [0.717, 1.165) is 30.4 Å². The Morgan fingerprint density at radius 1 is 1.35 bits per heavy atom. The Bertz CT molecular complexity index is 373. The number of nitrogens with one attached hydrogen (secondary N) is 1. The Morgan fingerprint density at radius 3 is 2.53 bits per heavy atom. The van der Waals surface area contributed by atoms with Crippen LogP contribution in [0.2, 0.25) is 10.0 Å². The summed E-state index contributed by atoms with van der Waals surface area (Å²) in [4.78, 5) is 3.98. The lowest BCUT2D eigenvalue weighted by atomic mass is 9.92. The Labute approximate surface area is 113 Å². The van der Waals surface area contributed by atoms with E-state index in [1.807, 2.05) is 0 Å². The maximum Gasteiger partial charge on any atom is 0.0636 e. The van der Waals surface area contributed by atoms with Crippen molar-refractivity contribution < 1.29 is 0 Å². The van der Waals surface area contributed by atoms with Gasteiger partial charge < -0.3 is 5.32 Å². The predicted octanol–water partition coefficient (Wildman–Crippen LogP) is 3.57. The van der Waals surface area contributed by atoms with Crippen LogP contribution >= 0.6 is 23.2 Å². The molecule has 0 radical (unpaired) electrons. The third-order valence-corrected chi connectivity index (χ3v) is 4.25. The van der Waals surface area contributed by atoms with E-state index in [1.54, 1.807) is 12.4 Å². The Balaban J connectivity index is 2.03. The molecule has 2 rings (SSSR count). The van der Waals surface area contributed by atoms with E-state index in [4.69, 9.17) is 23.2 Å². The van der Waals surface area contributed by atoms with Crippen molar-refractivity contribution in [2.75, 3.05) is 6.54 Å². The van der Waals surface area contributed by atoms with Crippen LogP contribution < -0.4 is 5.32 Å². The van der Waals surface area contributed by atoms with Gasteiger partial charge in [0.2, 0.25) is 0 Å². The zero-order valence-corrected chi connectivity index (χ0v) is 11.7. The van der Waals surface area contributed by atoms with Gasteiger partial charge in [-0.3, -0.25) is 4.98 Å². The number of pyridine rings is 1. The number of hydrogen-bond acceptors (Lipinski definition) is 2. The van der Waals surface area contributed by atoms with Gasteiger partial charge in [-0.2, -0.15) is 0 Å². The van der Waals surface area contributed by atoms with Crippen LogP contribution in [0.4, 0.5) is 0 Å². The average Bonchev–Trinajstić information content (AvgIpc) is 2.72. The molecular weight excluding hydrogens is 255 g/mol. The van der Waals surface area contributed by atoms with Crippen molar-refractivity contribution >= 4 is 23.2 Å². The number of hydrogen-bond donors (Lipinski definition) is 1. The van der Waals surface area contributed by atoms with E-state index < -0.39 is 0 Å². The first-order chi connectivity index (χ1) is 8.08. The van der Waals surface area contributed by atoms with E-state index >= 15 is 0 Å². The fourth-order valence-electron chi connectivity index (χ4n) is 2.39. The molecule has 17 heavy (non-hydrogen) atoms. The second-order valence-corrected chi connectivity index (χ2v) is 5.95. The number of aromatic nitrogens is 1. The second-order valence-electron chi connectivity index (χ2n) is 5.13. The maximum atomic E-state index is 6.13. The van der Waals surface area contributed by atoms with Crippen molar-refractivity contribution in [3.63, 3.8) is 0 Å². The van der Waals surface area contributed by atoms with Gasteiger partial charge in [0.05, 0.1) is 10.0 Å². The van der Waals surface area contributed by atoms with Crippen LogP contribution in [0, 0.1) is 11.8 Å². The molecule has 0 spiro atoms. The van der Waals surface area contributed by atoms with E-state index in [0.29, 0.717) is 16.1 Å². The first-order valence-electron chi connectivity index (χ1n) is 6.09. The summed E-state index contributed by atoms with van der Waals surface area (Å²) in [6.07, 6.45) is 5.42. The van der Waals surface area contributed by atoms with Crippen LogP contribution in [0.1, 0.15) is 25.8 Å². The molecular formula is C13H18Cl2N2. The van der Waals surface area contributed by atoms with Crippen molar-refractivity contribution in [1.82, 2.24) is 10.3 Å². The smallest absolute Gasteiger partial charge is 0.0636 e. The number of nitrogens with zero attached hydrogens (tertiary/aromatic N) is 1. The molecule has 2 nitrogen and oxygen atoms in total. The standard InChI is InChI=1S/C13H18Cl2N2/c1-8(2)9-3-10(17-5-9)4-11-12(14)6-16-7-13(11)15/h6-10,17H,3-5H2,1-2H3. The molecule has 2 unspecified atom stereocenters. The molecule has 2 heterocycles. The summed E-state index contributed by atoms with van der Waals surface area (Å²) in [6.45, 7) is 5.66. The lowest BCUT2D eigenvalue weighted by Crippen LogP contribution is -2.24. The van der Waals surface area contributed by atoms with E-state index in [-0.39, 0.29) is 0 Å². The maximum absolute atomic E-state index is 6.13. The summed E-state index contributed by atoms with van der Waals surface area (Å²) in [7, 11) is 0. The first-order valence-corrected chi connectivity index (χ1v) is 6.84. The minimum Gasteiger partial charge on any atom is -0.313 e. The van der Waals surface area contributed by atoms with Crippen LogP contribution in [0.15, 0.2) is 12.4 Å². The lowest BCUT2D eigenvalue weighted by molar-refractivity contribution is 0.410. The van der Waals surface area contributed by atoms with Crippen molar-refractivity contribution in [3.8, 4) is 0 Å². The molecule has 0 aromatic carbocycles. The highest BCUT2D eigenvalue weighted by Gasteiger charge is 2.27. The van der Waals surface area contributed by atoms with Crippen LogP contribution in [-0.4, -0.2) is 17.6 Å². The first kappa shape index (κ1) is 13.1. The molecule has 0 bridgehead atoms. The average molecular weight is 273 g/mol. The molecule has 1 aliphatic rings. The Morgan fingerprint density at radius 2 is 2.00 bits per heavy atom. The normalized spacial score (nSPS) is 24.5. The van der Waals surface area contributed by atoms with Gasteiger partial charge in [0, 0.05) is 18.4 Å². The molecule has 0 saturated carbocycles. The van der Waals surface area contributed by atoms with Gasteiger partial charge in [-0.05, 0) is 36.8 Å². The summed E-state index contributed by atoms with van der Waals surface area (Å²) < 4.78 is 0. The SMILES string of the molecule is CC(C)C1CNC(Cc2c(Cl)cncc2Cl)C1. The molecule has 1 N–H and O–H groups in total. The summed E-state index contributed by atoms with van der Waals surface area (Å²) >= 11 is 12.3. The molecule has 4 heteroatoms. The van der Waals surface area contributed by atoms with Gasteiger partial charge in [-0.15, -0.1) is 0 Å². The van der Waals surface area contributed by atoms with Crippen LogP contribution in [0.3, 0.4) is 0 Å². The quantitative estimate of drug-likeness (QED) is 0.910. The van der Waals surface area contributed by atoms with Crippen molar-refractivity contribution in [3.05, 3.63) is 28.0 Å². The largest absolute Gasteiger partial charge is 0.313 e. The van der Waals surface area contributed by atoms with Crippen LogP contribution in [0.25, 0.3) is 0 Å². The van der Waals surface area contributed by atoms with Crippen molar-refractivity contribution in [2.24, 2.45) is 11.8 Å². The topological polar surface area (TPSA) is 24.9 Å². The Kier molecular flexibility index (Phi) is 4.29. The molecule has 94 valence electrons. The fraction of sp³-hybridized carbons (Fsp3) is 0.615. The molecule has 1 saturated heterocycles. The highest BCUT2D eigenvalue weighted by molar-refractivity contribution is 6.35. The minimum atomic E-state index is 0.486. The van der Waals surface area contributed by atoms with Crippen LogP contribution in [0.5, 0.6) is 0 Å². The highest BCUT2D eigenvalue weighted by Crippen LogP contribution is 2.29. The van der Waals surface area contributed by atoms with Gasteiger partial charge in [-0.25, -0.2) is 0 Å². The number of rotatable bonds is 3. The fourth-order valence-corrected chi connectivity index (χ4v) is 2.91. The zero-order valence-electron chi connectivity index (χ0n) is 10.2. The van der Waals surface area contributed by atoms with Gasteiger partial charge in [0.15, 0.2) is 0 Å². The molecule has 0 amide bonds. The van der Waals surface area contributed by atoms with Gasteiger partial charge >= 0.3 is 0 Å². The molecule has 1 fully saturated rings.